The fourth-order valence-electron chi connectivity index (χ4n) is 2.24. The highest BCUT2D eigenvalue weighted by molar-refractivity contribution is 6.29. The summed E-state index contributed by atoms with van der Waals surface area (Å²) in [4.78, 5) is 8.93. The number of benzene rings is 2. The van der Waals surface area contributed by atoms with E-state index in [4.69, 9.17) is 21.1 Å². The third-order valence-electron chi connectivity index (χ3n) is 3.39. The van der Waals surface area contributed by atoms with Gasteiger partial charge in [-0.2, -0.15) is 0 Å². The highest BCUT2D eigenvalue weighted by Crippen LogP contribution is 2.28. The average Bonchev–Trinajstić information content (AvgIpc) is 2.61. The number of rotatable bonds is 4. The highest BCUT2D eigenvalue weighted by Gasteiger charge is 2.09. The predicted octanol–water partition coefficient (Wildman–Crippen LogP) is 4.48. The Bertz CT molecular complexity index is 771. The monoisotopic (exact) mass is 326 g/mol. The van der Waals surface area contributed by atoms with E-state index in [0.29, 0.717) is 11.0 Å². The lowest BCUT2D eigenvalue weighted by Gasteiger charge is -2.08. The second-order valence-electron chi connectivity index (χ2n) is 4.86. The third-order valence-corrected chi connectivity index (χ3v) is 3.58. The Hall–Kier alpha value is -2.59. The van der Waals surface area contributed by atoms with Gasteiger partial charge in [0.2, 0.25) is 0 Å². The van der Waals surface area contributed by atoms with Crippen LogP contribution < -0.4 is 9.47 Å². The number of ether oxygens (including phenoxy) is 2. The van der Waals surface area contributed by atoms with Gasteiger partial charge in [-0.3, -0.25) is 0 Å². The second-order valence-corrected chi connectivity index (χ2v) is 5.25. The van der Waals surface area contributed by atoms with E-state index < -0.39 is 0 Å². The van der Waals surface area contributed by atoms with E-state index in [0.717, 1.165) is 28.3 Å². The van der Waals surface area contributed by atoms with Crippen molar-refractivity contribution in [2.24, 2.45) is 0 Å². The lowest BCUT2D eigenvalue weighted by molar-refractivity contribution is 0.415. The van der Waals surface area contributed by atoms with Gasteiger partial charge in [-0.1, -0.05) is 35.9 Å². The maximum atomic E-state index is 6.18. The molecule has 3 aromatic rings. The molecule has 0 amide bonds. The molecular formula is C18H15ClN2O2. The Balaban J connectivity index is 2.08. The van der Waals surface area contributed by atoms with Crippen molar-refractivity contribution in [2.45, 2.75) is 0 Å². The molecule has 4 nitrogen and oxygen atoms in total. The van der Waals surface area contributed by atoms with Crippen LogP contribution in [0.2, 0.25) is 5.15 Å². The molecule has 0 aliphatic rings. The third kappa shape index (κ3) is 3.43. The van der Waals surface area contributed by atoms with Gasteiger partial charge in [-0.15, -0.1) is 0 Å². The first-order valence-electron chi connectivity index (χ1n) is 7.03. The van der Waals surface area contributed by atoms with E-state index in [1.165, 1.54) is 0 Å². The lowest BCUT2D eigenvalue weighted by atomic mass is 10.1. The zero-order valence-corrected chi connectivity index (χ0v) is 13.5. The van der Waals surface area contributed by atoms with Gasteiger partial charge < -0.3 is 9.47 Å². The van der Waals surface area contributed by atoms with E-state index >= 15 is 0 Å². The fourth-order valence-corrected chi connectivity index (χ4v) is 2.42. The maximum absolute atomic E-state index is 6.18. The Kier molecular flexibility index (Phi) is 4.44. The van der Waals surface area contributed by atoms with Crippen LogP contribution in [0.15, 0.2) is 54.6 Å². The van der Waals surface area contributed by atoms with Crippen molar-refractivity contribution in [1.29, 1.82) is 0 Å². The van der Waals surface area contributed by atoms with Crippen LogP contribution in [-0.2, 0) is 0 Å². The SMILES string of the molecule is COc1cccc(-c2cc(Cl)nc(-c3cccc(OC)c3)n2)c1. The van der Waals surface area contributed by atoms with Gasteiger partial charge in [-0.05, 0) is 24.3 Å². The van der Waals surface area contributed by atoms with Gasteiger partial charge in [0.15, 0.2) is 5.82 Å². The summed E-state index contributed by atoms with van der Waals surface area (Å²) in [6, 6.07) is 17.0. The second kappa shape index (κ2) is 6.67. The molecule has 0 fully saturated rings. The van der Waals surface area contributed by atoms with E-state index in [9.17, 15) is 0 Å². The number of hydrogen-bond acceptors (Lipinski definition) is 4. The normalized spacial score (nSPS) is 10.4. The molecule has 2 aromatic carbocycles. The zero-order chi connectivity index (χ0) is 16.2. The summed E-state index contributed by atoms with van der Waals surface area (Å²) >= 11 is 6.18. The highest BCUT2D eigenvalue weighted by atomic mass is 35.5. The number of hydrogen-bond donors (Lipinski definition) is 0. The van der Waals surface area contributed by atoms with E-state index in [1.54, 1.807) is 20.3 Å². The predicted molar refractivity (Wildman–Crippen MR) is 91.0 cm³/mol. The summed E-state index contributed by atoms with van der Waals surface area (Å²) in [5, 5.41) is 0.385. The Morgan fingerprint density at radius 1 is 0.783 bits per heavy atom. The summed E-state index contributed by atoms with van der Waals surface area (Å²) in [7, 11) is 3.26. The molecule has 0 saturated carbocycles. The first kappa shape index (κ1) is 15.3. The minimum atomic E-state index is 0.385. The van der Waals surface area contributed by atoms with Crippen LogP contribution in [0, 0.1) is 0 Å². The first-order valence-corrected chi connectivity index (χ1v) is 7.41. The molecule has 1 aromatic heterocycles. The summed E-state index contributed by atoms with van der Waals surface area (Å²) in [6.45, 7) is 0. The molecule has 0 N–H and O–H groups in total. The Morgan fingerprint density at radius 2 is 1.39 bits per heavy atom. The van der Waals surface area contributed by atoms with Crippen molar-refractivity contribution < 1.29 is 9.47 Å². The fraction of sp³-hybridized carbons (Fsp3) is 0.111. The molecule has 3 rings (SSSR count). The molecule has 0 aliphatic heterocycles. The molecule has 23 heavy (non-hydrogen) atoms. The number of aromatic nitrogens is 2. The topological polar surface area (TPSA) is 44.2 Å². The van der Waals surface area contributed by atoms with Crippen molar-refractivity contribution in [3.8, 4) is 34.1 Å². The molecule has 0 spiro atoms. The molecule has 0 atom stereocenters. The van der Waals surface area contributed by atoms with Crippen LogP contribution >= 0.6 is 11.6 Å². The van der Waals surface area contributed by atoms with Gasteiger partial charge in [0, 0.05) is 17.2 Å². The van der Waals surface area contributed by atoms with Gasteiger partial charge in [0.1, 0.15) is 16.7 Å². The molecule has 0 radical (unpaired) electrons. The molecule has 116 valence electrons. The lowest BCUT2D eigenvalue weighted by Crippen LogP contribution is -1.94. The molecule has 1 heterocycles. The summed E-state index contributed by atoms with van der Waals surface area (Å²) in [5.74, 6) is 2.06. The van der Waals surface area contributed by atoms with Crippen molar-refractivity contribution in [2.75, 3.05) is 14.2 Å². The number of halogens is 1. The van der Waals surface area contributed by atoms with E-state index in [1.807, 2.05) is 48.5 Å². The van der Waals surface area contributed by atoms with Crippen LogP contribution in [0.25, 0.3) is 22.6 Å². The van der Waals surface area contributed by atoms with Crippen molar-refractivity contribution in [3.05, 3.63) is 59.8 Å². The maximum Gasteiger partial charge on any atom is 0.161 e. The van der Waals surface area contributed by atoms with E-state index in [2.05, 4.69) is 9.97 Å². The summed E-state index contributed by atoms with van der Waals surface area (Å²) < 4.78 is 10.5. The van der Waals surface area contributed by atoms with Crippen LogP contribution in [0.1, 0.15) is 0 Å². The van der Waals surface area contributed by atoms with Crippen molar-refractivity contribution in [3.63, 3.8) is 0 Å². The molecule has 5 heteroatoms. The van der Waals surface area contributed by atoms with Crippen LogP contribution in [0.5, 0.6) is 11.5 Å². The van der Waals surface area contributed by atoms with Crippen LogP contribution in [-0.4, -0.2) is 24.2 Å². The Morgan fingerprint density at radius 3 is 2.04 bits per heavy atom. The van der Waals surface area contributed by atoms with Crippen LogP contribution in [0.4, 0.5) is 0 Å². The Labute approximate surface area is 139 Å². The molecule has 0 unspecified atom stereocenters. The van der Waals surface area contributed by atoms with Crippen molar-refractivity contribution >= 4 is 11.6 Å². The van der Waals surface area contributed by atoms with Gasteiger partial charge in [-0.25, -0.2) is 9.97 Å². The average molecular weight is 327 g/mol. The quantitative estimate of drug-likeness (QED) is 0.663. The molecular weight excluding hydrogens is 312 g/mol. The minimum Gasteiger partial charge on any atom is -0.497 e. The first-order chi connectivity index (χ1) is 11.2. The minimum absolute atomic E-state index is 0.385. The number of nitrogens with zero attached hydrogens (tertiary/aromatic N) is 2. The molecule has 0 saturated heterocycles. The standard InChI is InChI=1S/C18H15ClN2O2/c1-22-14-7-3-5-12(9-14)16-11-17(19)21-18(20-16)13-6-4-8-15(10-13)23-2/h3-11H,1-2H3. The summed E-state index contributed by atoms with van der Waals surface area (Å²) in [5.41, 5.74) is 2.50. The number of methoxy groups -OCH3 is 2. The largest absolute Gasteiger partial charge is 0.497 e. The van der Waals surface area contributed by atoms with E-state index in [-0.39, 0.29) is 0 Å². The van der Waals surface area contributed by atoms with Crippen LogP contribution in [0.3, 0.4) is 0 Å². The van der Waals surface area contributed by atoms with Gasteiger partial charge >= 0.3 is 0 Å². The van der Waals surface area contributed by atoms with Crippen molar-refractivity contribution in [1.82, 2.24) is 9.97 Å². The van der Waals surface area contributed by atoms with Gasteiger partial charge in [0.25, 0.3) is 0 Å². The van der Waals surface area contributed by atoms with Gasteiger partial charge in [0.05, 0.1) is 19.9 Å². The summed E-state index contributed by atoms with van der Waals surface area (Å²) in [6.07, 6.45) is 0. The zero-order valence-electron chi connectivity index (χ0n) is 12.8. The smallest absolute Gasteiger partial charge is 0.161 e. The molecule has 0 aliphatic carbocycles. The molecule has 0 bridgehead atoms.